The number of rotatable bonds is 7. The molecular formula is C20H18N2O3S. The van der Waals surface area contributed by atoms with Crippen molar-refractivity contribution in [2.45, 2.75) is 26.0 Å². The Morgan fingerprint density at radius 2 is 2.12 bits per heavy atom. The van der Waals surface area contributed by atoms with Crippen LogP contribution in [0.3, 0.4) is 0 Å². The molecule has 0 saturated heterocycles. The van der Waals surface area contributed by atoms with Crippen LogP contribution >= 0.6 is 11.3 Å². The highest BCUT2D eigenvalue weighted by Gasteiger charge is 2.18. The second-order valence-corrected chi connectivity index (χ2v) is 6.59. The number of ether oxygens (including phenoxy) is 1. The SMILES string of the molecule is CCC(NC(=O)c1ccc(COc2ccccc2C#N)o1)c1cccs1. The average molecular weight is 366 g/mol. The highest BCUT2D eigenvalue weighted by Crippen LogP contribution is 2.23. The van der Waals surface area contributed by atoms with Crippen molar-refractivity contribution in [1.82, 2.24) is 5.32 Å². The predicted octanol–water partition coefficient (Wildman–Crippen LogP) is 4.67. The van der Waals surface area contributed by atoms with E-state index in [1.54, 1.807) is 47.7 Å². The minimum Gasteiger partial charge on any atom is -0.484 e. The Bertz CT molecular complexity index is 909. The van der Waals surface area contributed by atoms with Gasteiger partial charge in [0, 0.05) is 4.88 Å². The molecule has 0 aliphatic heterocycles. The number of amides is 1. The van der Waals surface area contributed by atoms with Gasteiger partial charge in [0.15, 0.2) is 5.76 Å². The van der Waals surface area contributed by atoms with Crippen LogP contribution in [-0.2, 0) is 6.61 Å². The summed E-state index contributed by atoms with van der Waals surface area (Å²) in [4.78, 5) is 13.5. The molecule has 2 aromatic heterocycles. The Balaban J connectivity index is 1.62. The van der Waals surface area contributed by atoms with Crippen LogP contribution in [0.15, 0.2) is 58.3 Å². The first-order valence-electron chi connectivity index (χ1n) is 8.26. The van der Waals surface area contributed by atoms with Gasteiger partial charge in [-0.05, 0) is 42.1 Å². The number of thiophene rings is 1. The third kappa shape index (κ3) is 4.13. The van der Waals surface area contributed by atoms with E-state index in [2.05, 4.69) is 11.4 Å². The van der Waals surface area contributed by atoms with Crippen molar-refractivity contribution < 1.29 is 13.9 Å². The Morgan fingerprint density at radius 3 is 2.85 bits per heavy atom. The lowest BCUT2D eigenvalue weighted by atomic mass is 10.2. The summed E-state index contributed by atoms with van der Waals surface area (Å²) in [5.41, 5.74) is 0.457. The maximum atomic E-state index is 12.4. The number of furan rings is 1. The van der Waals surface area contributed by atoms with Gasteiger partial charge in [0.2, 0.25) is 0 Å². The van der Waals surface area contributed by atoms with Crippen molar-refractivity contribution in [3.63, 3.8) is 0 Å². The molecule has 0 bridgehead atoms. The zero-order valence-corrected chi connectivity index (χ0v) is 15.1. The van der Waals surface area contributed by atoms with Crippen molar-refractivity contribution in [3.8, 4) is 11.8 Å². The number of benzene rings is 1. The minimum absolute atomic E-state index is 0.0326. The molecule has 26 heavy (non-hydrogen) atoms. The molecule has 5 nitrogen and oxygen atoms in total. The maximum absolute atomic E-state index is 12.4. The summed E-state index contributed by atoms with van der Waals surface area (Å²) >= 11 is 1.62. The van der Waals surface area contributed by atoms with Gasteiger partial charge in [-0.15, -0.1) is 11.3 Å². The lowest BCUT2D eigenvalue weighted by Gasteiger charge is -2.14. The van der Waals surface area contributed by atoms with E-state index in [9.17, 15) is 4.79 Å². The molecule has 3 aromatic rings. The van der Waals surface area contributed by atoms with E-state index >= 15 is 0 Å². The van der Waals surface area contributed by atoms with Gasteiger partial charge < -0.3 is 14.5 Å². The van der Waals surface area contributed by atoms with E-state index in [0.29, 0.717) is 17.1 Å². The first-order chi connectivity index (χ1) is 12.7. The van der Waals surface area contributed by atoms with Gasteiger partial charge in [-0.2, -0.15) is 5.26 Å². The number of hydrogen-bond donors (Lipinski definition) is 1. The zero-order valence-electron chi connectivity index (χ0n) is 14.3. The van der Waals surface area contributed by atoms with E-state index in [-0.39, 0.29) is 24.3 Å². The number of carbonyl (C=O) groups excluding carboxylic acids is 1. The Morgan fingerprint density at radius 1 is 1.27 bits per heavy atom. The quantitative estimate of drug-likeness (QED) is 0.659. The molecule has 0 spiro atoms. The van der Waals surface area contributed by atoms with Crippen molar-refractivity contribution >= 4 is 17.2 Å². The molecule has 0 aliphatic rings. The van der Waals surface area contributed by atoms with Crippen LogP contribution in [0.25, 0.3) is 0 Å². The second-order valence-electron chi connectivity index (χ2n) is 5.61. The lowest BCUT2D eigenvalue weighted by molar-refractivity contribution is 0.0904. The van der Waals surface area contributed by atoms with Crippen LogP contribution < -0.4 is 10.1 Å². The van der Waals surface area contributed by atoms with E-state index in [1.165, 1.54) is 0 Å². The Labute approximate surface area is 155 Å². The molecule has 2 heterocycles. The van der Waals surface area contributed by atoms with Crippen LogP contribution in [-0.4, -0.2) is 5.91 Å². The Hall–Kier alpha value is -3.04. The molecule has 1 unspecified atom stereocenters. The first kappa shape index (κ1) is 17.8. The summed E-state index contributed by atoms with van der Waals surface area (Å²) in [5, 5.41) is 14.0. The van der Waals surface area contributed by atoms with Crippen molar-refractivity contribution in [2.75, 3.05) is 0 Å². The number of nitriles is 1. The molecular weight excluding hydrogens is 348 g/mol. The molecule has 132 valence electrons. The number of nitrogens with zero attached hydrogens (tertiary/aromatic N) is 1. The lowest BCUT2D eigenvalue weighted by Crippen LogP contribution is -2.27. The summed E-state index contributed by atoms with van der Waals surface area (Å²) in [6, 6.07) is 16.3. The topological polar surface area (TPSA) is 75.3 Å². The van der Waals surface area contributed by atoms with Gasteiger partial charge in [0.1, 0.15) is 24.2 Å². The van der Waals surface area contributed by atoms with Gasteiger partial charge in [-0.25, -0.2) is 0 Å². The van der Waals surface area contributed by atoms with Gasteiger partial charge >= 0.3 is 0 Å². The molecule has 0 radical (unpaired) electrons. The maximum Gasteiger partial charge on any atom is 0.287 e. The normalized spacial score (nSPS) is 11.5. The second kappa shape index (κ2) is 8.37. The number of para-hydroxylation sites is 1. The highest BCUT2D eigenvalue weighted by atomic mass is 32.1. The summed E-state index contributed by atoms with van der Waals surface area (Å²) in [6.07, 6.45) is 0.799. The van der Waals surface area contributed by atoms with Crippen LogP contribution in [0.4, 0.5) is 0 Å². The minimum atomic E-state index is -0.256. The molecule has 6 heteroatoms. The molecule has 1 atom stereocenters. The average Bonchev–Trinajstić information content (AvgIpc) is 3.36. The molecule has 0 fully saturated rings. The molecule has 0 saturated carbocycles. The summed E-state index contributed by atoms with van der Waals surface area (Å²) in [6.45, 7) is 2.17. The standard InChI is InChI=1S/C20H18N2O3S/c1-2-16(19-8-5-11-26-19)22-20(23)18-10-9-15(25-18)13-24-17-7-4-3-6-14(17)12-21/h3-11,16H,2,13H2,1H3,(H,22,23). The third-order valence-electron chi connectivity index (χ3n) is 3.86. The molecule has 1 aromatic carbocycles. The van der Waals surface area contributed by atoms with Crippen molar-refractivity contribution in [3.05, 3.63) is 75.9 Å². The summed E-state index contributed by atoms with van der Waals surface area (Å²) < 4.78 is 11.2. The highest BCUT2D eigenvalue weighted by molar-refractivity contribution is 7.10. The van der Waals surface area contributed by atoms with Crippen molar-refractivity contribution in [2.24, 2.45) is 0 Å². The molecule has 1 N–H and O–H groups in total. The Kier molecular flexibility index (Phi) is 5.72. The zero-order chi connectivity index (χ0) is 18.4. The van der Waals surface area contributed by atoms with E-state index in [4.69, 9.17) is 14.4 Å². The van der Waals surface area contributed by atoms with Gasteiger partial charge in [0.25, 0.3) is 5.91 Å². The van der Waals surface area contributed by atoms with Gasteiger partial charge in [-0.3, -0.25) is 4.79 Å². The fourth-order valence-electron chi connectivity index (χ4n) is 2.50. The largest absolute Gasteiger partial charge is 0.484 e. The molecule has 1 amide bonds. The van der Waals surface area contributed by atoms with Crippen LogP contribution in [0.1, 0.15) is 46.1 Å². The van der Waals surface area contributed by atoms with Gasteiger partial charge in [0.05, 0.1) is 11.6 Å². The van der Waals surface area contributed by atoms with Crippen LogP contribution in [0, 0.1) is 11.3 Å². The van der Waals surface area contributed by atoms with Crippen LogP contribution in [0.5, 0.6) is 5.75 Å². The molecule has 3 rings (SSSR count). The van der Waals surface area contributed by atoms with Crippen molar-refractivity contribution in [1.29, 1.82) is 5.26 Å². The van der Waals surface area contributed by atoms with Gasteiger partial charge in [-0.1, -0.05) is 25.1 Å². The third-order valence-corrected chi connectivity index (χ3v) is 4.85. The fraction of sp³-hybridized carbons (Fsp3) is 0.200. The number of hydrogen-bond acceptors (Lipinski definition) is 5. The fourth-order valence-corrected chi connectivity index (χ4v) is 3.37. The van der Waals surface area contributed by atoms with E-state index < -0.39 is 0 Å². The predicted molar refractivity (Wildman–Crippen MR) is 99.0 cm³/mol. The van der Waals surface area contributed by atoms with E-state index in [0.717, 1.165) is 11.3 Å². The first-order valence-corrected chi connectivity index (χ1v) is 9.14. The number of nitrogens with one attached hydrogen (secondary N) is 1. The number of carbonyl (C=O) groups is 1. The molecule has 0 aliphatic carbocycles. The summed E-state index contributed by atoms with van der Waals surface area (Å²) in [7, 11) is 0. The smallest absolute Gasteiger partial charge is 0.287 e. The monoisotopic (exact) mass is 366 g/mol. The summed E-state index contributed by atoms with van der Waals surface area (Å²) in [5.74, 6) is 0.995. The van der Waals surface area contributed by atoms with E-state index in [1.807, 2.05) is 24.4 Å². The van der Waals surface area contributed by atoms with Crippen LogP contribution in [0.2, 0.25) is 0 Å².